The predicted molar refractivity (Wildman–Crippen MR) is 296 cm³/mol. The Morgan fingerprint density at radius 2 is 0.813 bits per heavy atom. The normalized spacial score (nSPS) is 10.9. The topological polar surface area (TPSA) is 132 Å². The van der Waals surface area contributed by atoms with Gasteiger partial charge in [-0.2, -0.15) is 15.8 Å². The molecule has 0 spiro atoms. The van der Waals surface area contributed by atoms with Gasteiger partial charge in [-0.1, -0.05) is 164 Å². The molecule has 0 bridgehead atoms. The van der Waals surface area contributed by atoms with E-state index in [9.17, 15) is 15.8 Å². The summed E-state index contributed by atoms with van der Waals surface area (Å²) in [7, 11) is 0. The van der Waals surface area contributed by atoms with E-state index in [1.54, 1.807) is 24.3 Å². The first-order valence-corrected chi connectivity index (χ1v) is 24.1. The molecule has 12 aromatic rings. The minimum atomic E-state index is 0.363. The van der Waals surface area contributed by atoms with Gasteiger partial charge in [0.2, 0.25) is 0 Å². The van der Waals surface area contributed by atoms with Gasteiger partial charge in [0.05, 0.1) is 75.4 Å². The van der Waals surface area contributed by atoms with E-state index in [-0.39, 0.29) is 0 Å². The summed E-state index contributed by atoms with van der Waals surface area (Å²) < 4.78 is 2.21. The number of aromatic nitrogens is 5. The molecule has 0 aliphatic rings. The van der Waals surface area contributed by atoms with Gasteiger partial charge in [0.25, 0.3) is 0 Å². The highest BCUT2D eigenvalue weighted by Gasteiger charge is 2.23. The zero-order chi connectivity index (χ0) is 50.8. The van der Waals surface area contributed by atoms with Crippen molar-refractivity contribution >= 4 is 27.5 Å². The standard InChI is InChI=1S/C66H37N9/c1-70-61-33-43(40-68)23-28-53(61)49-25-30-55-54-29-24-48(52-27-22-42(39-67)32-51(52)41-69)35-63(54)75(64(55)36-49)62-31-26-50(60-38-57(44-14-6-2-7-15-44)71-65(72-60)47-20-12-5-13-21-47)34-56(62)66-73-58(45-16-8-3-9-17-45)37-59(74-66)46-18-10-4-11-19-46/h2-38H. The van der Waals surface area contributed by atoms with Crippen LogP contribution in [-0.2, 0) is 0 Å². The molecule has 0 radical (unpaired) electrons. The van der Waals surface area contributed by atoms with Crippen molar-refractivity contribution in [3.05, 3.63) is 253 Å². The molecule has 0 aliphatic carbocycles. The zero-order valence-corrected chi connectivity index (χ0v) is 39.9. The minimum Gasteiger partial charge on any atom is -0.308 e. The Morgan fingerprint density at radius 3 is 1.32 bits per heavy atom. The van der Waals surface area contributed by atoms with Crippen molar-refractivity contribution in [1.29, 1.82) is 15.8 Å². The van der Waals surface area contributed by atoms with Gasteiger partial charge in [-0.15, -0.1) is 0 Å². The van der Waals surface area contributed by atoms with Crippen LogP contribution in [0.2, 0.25) is 0 Å². The summed E-state index contributed by atoms with van der Waals surface area (Å²) in [6.07, 6.45) is 0. The maximum absolute atomic E-state index is 10.4. The van der Waals surface area contributed by atoms with Crippen LogP contribution in [-0.4, -0.2) is 24.5 Å². The van der Waals surface area contributed by atoms with E-state index in [0.29, 0.717) is 56.4 Å². The van der Waals surface area contributed by atoms with Gasteiger partial charge >= 0.3 is 0 Å². The van der Waals surface area contributed by atoms with Crippen LogP contribution in [0.4, 0.5) is 5.69 Å². The molecule has 9 aromatic carbocycles. The van der Waals surface area contributed by atoms with Gasteiger partial charge in [-0.25, -0.2) is 24.8 Å². The summed E-state index contributed by atoms with van der Waals surface area (Å²) in [6, 6.07) is 79.9. The Morgan fingerprint density at radius 1 is 0.360 bits per heavy atom. The molecule has 12 rings (SSSR count). The van der Waals surface area contributed by atoms with Crippen LogP contribution >= 0.6 is 0 Å². The highest BCUT2D eigenvalue weighted by molar-refractivity contribution is 6.12. The monoisotopic (exact) mass is 955 g/mol. The molecule has 0 saturated carbocycles. The van der Waals surface area contributed by atoms with Gasteiger partial charge in [-0.3, -0.25) is 0 Å². The molecule has 346 valence electrons. The third kappa shape index (κ3) is 8.48. The lowest BCUT2D eigenvalue weighted by molar-refractivity contribution is 1.13. The number of nitriles is 3. The number of benzene rings is 9. The smallest absolute Gasteiger partial charge is 0.196 e. The molecular formula is C66H37N9. The average Bonchev–Trinajstić information content (AvgIpc) is 3.87. The number of rotatable bonds is 9. The first kappa shape index (κ1) is 45.1. The van der Waals surface area contributed by atoms with Crippen LogP contribution in [0.15, 0.2) is 224 Å². The molecule has 9 heteroatoms. The van der Waals surface area contributed by atoms with Gasteiger partial charge in [0.15, 0.2) is 17.3 Å². The largest absolute Gasteiger partial charge is 0.308 e. The third-order valence-electron chi connectivity index (χ3n) is 13.4. The van der Waals surface area contributed by atoms with E-state index in [0.717, 1.165) is 83.5 Å². The van der Waals surface area contributed by atoms with Crippen LogP contribution in [0, 0.1) is 40.6 Å². The Balaban J connectivity index is 1.19. The Labute approximate surface area is 432 Å². The van der Waals surface area contributed by atoms with Crippen molar-refractivity contribution in [3.8, 4) is 114 Å². The lowest BCUT2D eigenvalue weighted by Gasteiger charge is -2.17. The summed E-state index contributed by atoms with van der Waals surface area (Å²) in [4.78, 5) is 25.1. The Bertz CT molecular complexity index is 4140. The molecular weight excluding hydrogens is 919 g/mol. The fraction of sp³-hybridized carbons (Fsp3) is 0. The maximum Gasteiger partial charge on any atom is 0.196 e. The Hall–Kier alpha value is -11.1. The van der Waals surface area contributed by atoms with Gasteiger partial charge in [0, 0.05) is 49.7 Å². The quantitative estimate of drug-likeness (QED) is 0.132. The van der Waals surface area contributed by atoms with Crippen molar-refractivity contribution in [1.82, 2.24) is 24.5 Å². The summed E-state index contributed by atoms with van der Waals surface area (Å²) in [6.45, 7) is 8.14. The highest BCUT2D eigenvalue weighted by Crippen LogP contribution is 2.43. The van der Waals surface area contributed by atoms with Gasteiger partial charge in [0.1, 0.15) is 0 Å². The van der Waals surface area contributed by atoms with E-state index in [2.05, 4.69) is 70.1 Å². The number of nitrogens with zero attached hydrogens (tertiary/aromatic N) is 9. The molecule has 75 heavy (non-hydrogen) atoms. The lowest BCUT2D eigenvalue weighted by Crippen LogP contribution is -2.03. The second-order valence-corrected chi connectivity index (χ2v) is 17.9. The molecule has 3 aromatic heterocycles. The molecule has 0 N–H and O–H groups in total. The van der Waals surface area contributed by atoms with Gasteiger partial charge in [-0.05, 0) is 82.9 Å². The van der Waals surface area contributed by atoms with Crippen molar-refractivity contribution in [2.45, 2.75) is 0 Å². The minimum absolute atomic E-state index is 0.363. The molecule has 3 heterocycles. The number of hydrogen-bond donors (Lipinski definition) is 0. The summed E-state index contributed by atoms with van der Waals surface area (Å²) in [5, 5.41) is 31.8. The summed E-state index contributed by atoms with van der Waals surface area (Å²) in [5.74, 6) is 1.05. The van der Waals surface area contributed by atoms with E-state index < -0.39 is 0 Å². The first-order chi connectivity index (χ1) is 37.0. The second kappa shape index (κ2) is 19.2. The number of hydrogen-bond acceptors (Lipinski definition) is 7. The zero-order valence-electron chi connectivity index (χ0n) is 39.9. The first-order valence-electron chi connectivity index (χ1n) is 24.1. The molecule has 0 amide bonds. The van der Waals surface area contributed by atoms with Crippen LogP contribution in [0.1, 0.15) is 16.7 Å². The summed E-state index contributed by atoms with van der Waals surface area (Å²) in [5.41, 5.74) is 15.0. The second-order valence-electron chi connectivity index (χ2n) is 17.9. The maximum atomic E-state index is 10.4. The van der Waals surface area contributed by atoms with Gasteiger partial charge < -0.3 is 4.57 Å². The van der Waals surface area contributed by atoms with Crippen LogP contribution in [0.25, 0.3) is 122 Å². The molecule has 0 fully saturated rings. The SMILES string of the molecule is [C-]#[N+]c1cc(C#N)ccc1-c1ccc2c3ccc(-c4ccc(C#N)cc4C#N)cc3n(-c3ccc(-c4cc(-c5ccccc5)nc(-c5ccccc5)n4)cc3-c3nc(-c4ccccc4)cc(-c4ccccc4)n3)c2c1. The highest BCUT2D eigenvalue weighted by atomic mass is 15.0. The van der Waals surface area contributed by atoms with Crippen molar-refractivity contribution in [2.75, 3.05) is 0 Å². The molecule has 0 unspecified atom stereocenters. The van der Waals surface area contributed by atoms with Crippen LogP contribution < -0.4 is 0 Å². The van der Waals surface area contributed by atoms with Crippen molar-refractivity contribution in [2.24, 2.45) is 0 Å². The van der Waals surface area contributed by atoms with Crippen molar-refractivity contribution < 1.29 is 0 Å². The molecule has 0 saturated heterocycles. The van der Waals surface area contributed by atoms with E-state index in [1.807, 2.05) is 158 Å². The summed E-state index contributed by atoms with van der Waals surface area (Å²) >= 11 is 0. The molecule has 9 nitrogen and oxygen atoms in total. The third-order valence-corrected chi connectivity index (χ3v) is 13.4. The number of fused-ring (bicyclic) bond motifs is 3. The van der Waals surface area contributed by atoms with Crippen LogP contribution in [0.5, 0.6) is 0 Å². The molecule has 0 atom stereocenters. The van der Waals surface area contributed by atoms with Crippen LogP contribution in [0.3, 0.4) is 0 Å². The molecule has 0 aliphatic heterocycles. The average molecular weight is 956 g/mol. The van der Waals surface area contributed by atoms with E-state index in [4.69, 9.17) is 26.5 Å². The Kier molecular flexibility index (Phi) is 11.6. The fourth-order valence-electron chi connectivity index (χ4n) is 9.73. The van der Waals surface area contributed by atoms with Crippen molar-refractivity contribution in [3.63, 3.8) is 0 Å². The predicted octanol–water partition coefficient (Wildman–Crippen LogP) is 15.9. The lowest BCUT2D eigenvalue weighted by atomic mass is 9.97. The van der Waals surface area contributed by atoms with E-state index >= 15 is 0 Å². The van der Waals surface area contributed by atoms with E-state index in [1.165, 1.54) is 0 Å². The fourth-order valence-corrected chi connectivity index (χ4v) is 9.73.